The normalized spacial score (nSPS) is 23.1. The zero-order chi connectivity index (χ0) is 18.1. The third-order valence-corrected chi connectivity index (χ3v) is 5.27. The van der Waals surface area contributed by atoms with Crippen LogP contribution in [-0.2, 0) is 6.54 Å². The van der Waals surface area contributed by atoms with Gasteiger partial charge in [0.05, 0.1) is 6.20 Å². The molecular weight excluding hydrogens is 338 g/mol. The molecule has 136 valence electrons. The number of rotatable bonds is 3. The molecule has 1 aromatic heterocycles. The van der Waals surface area contributed by atoms with Crippen molar-refractivity contribution in [3.8, 4) is 0 Å². The maximum atomic E-state index is 13.5. The van der Waals surface area contributed by atoms with Gasteiger partial charge in [0, 0.05) is 44.6 Å². The zero-order valence-corrected chi connectivity index (χ0v) is 14.3. The summed E-state index contributed by atoms with van der Waals surface area (Å²) in [7, 11) is 0. The largest absolute Gasteiger partial charge is 0.335 e. The fourth-order valence-electron chi connectivity index (χ4n) is 3.98. The summed E-state index contributed by atoms with van der Waals surface area (Å²) in [4.78, 5) is 25.0. The minimum atomic E-state index is -0.827. The predicted octanol–water partition coefficient (Wildman–Crippen LogP) is 2.49. The first-order valence-electron chi connectivity index (χ1n) is 8.83. The number of carbonyl (C=O) groups excluding carboxylic acids is 1. The minimum absolute atomic E-state index is 0.0929. The Hall–Kier alpha value is -2.41. The Morgan fingerprint density at radius 3 is 2.77 bits per heavy atom. The minimum Gasteiger partial charge on any atom is -0.335 e. The highest BCUT2D eigenvalue weighted by molar-refractivity contribution is 5.92. The van der Waals surface area contributed by atoms with Gasteiger partial charge in [-0.2, -0.15) is 0 Å². The molecule has 3 aliphatic rings. The molecule has 0 radical (unpaired) electrons. The Morgan fingerprint density at radius 2 is 2.00 bits per heavy atom. The van der Waals surface area contributed by atoms with E-state index in [1.54, 1.807) is 12.3 Å². The quantitative estimate of drug-likeness (QED) is 0.846. The summed E-state index contributed by atoms with van der Waals surface area (Å²) >= 11 is 0. The van der Waals surface area contributed by atoms with Crippen LogP contribution in [0, 0.1) is 17.6 Å². The number of carbonyl (C=O) groups is 1. The first-order valence-corrected chi connectivity index (χ1v) is 8.83. The molecule has 26 heavy (non-hydrogen) atoms. The number of benzene rings is 1. The van der Waals surface area contributed by atoms with E-state index in [1.807, 2.05) is 4.90 Å². The Labute approximate surface area is 150 Å². The number of halogens is 2. The van der Waals surface area contributed by atoms with Gasteiger partial charge < -0.3 is 4.90 Å². The van der Waals surface area contributed by atoms with Crippen LogP contribution >= 0.6 is 0 Å². The van der Waals surface area contributed by atoms with E-state index in [0.29, 0.717) is 31.2 Å². The molecule has 7 heteroatoms. The zero-order valence-electron chi connectivity index (χ0n) is 14.3. The van der Waals surface area contributed by atoms with Gasteiger partial charge in [0.1, 0.15) is 5.69 Å². The average molecular weight is 358 g/mol. The topological polar surface area (TPSA) is 49.3 Å². The molecule has 3 fully saturated rings. The summed E-state index contributed by atoms with van der Waals surface area (Å²) in [5.41, 5.74) is 1.12. The lowest BCUT2D eigenvalue weighted by atomic mass is 9.94. The second kappa shape index (κ2) is 7.07. The van der Waals surface area contributed by atoms with Crippen LogP contribution in [0.3, 0.4) is 0 Å². The van der Waals surface area contributed by atoms with Crippen molar-refractivity contribution in [2.24, 2.45) is 5.92 Å². The van der Waals surface area contributed by atoms with Gasteiger partial charge in [0.2, 0.25) is 0 Å². The lowest BCUT2D eigenvalue weighted by molar-refractivity contribution is 0.0729. The molecule has 2 atom stereocenters. The van der Waals surface area contributed by atoms with Gasteiger partial charge in [-0.3, -0.25) is 14.7 Å². The van der Waals surface area contributed by atoms with Gasteiger partial charge in [-0.15, -0.1) is 0 Å². The fraction of sp³-hybridized carbons (Fsp3) is 0.421. The van der Waals surface area contributed by atoms with Crippen molar-refractivity contribution in [3.63, 3.8) is 0 Å². The van der Waals surface area contributed by atoms with E-state index >= 15 is 0 Å². The van der Waals surface area contributed by atoms with Gasteiger partial charge in [-0.25, -0.2) is 13.8 Å². The summed E-state index contributed by atoms with van der Waals surface area (Å²) in [6.45, 7) is 2.73. The van der Waals surface area contributed by atoms with Crippen molar-refractivity contribution in [1.82, 2.24) is 19.8 Å². The standard InChI is InChI=1S/C19H20F2N4O/c20-16-4-2-13(7-17(16)21)9-24-10-14-1-3-15(24)12-25(11-14)19(26)18-8-22-5-6-23-18/h2,4-8,14-15H,1,3,9-12H2/t14-,15-/m0/s1. The predicted molar refractivity (Wildman–Crippen MR) is 91.2 cm³/mol. The van der Waals surface area contributed by atoms with E-state index in [4.69, 9.17) is 0 Å². The van der Waals surface area contributed by atoms with Crippen LogP contribution < -0.4 is 0 Å². The maximum Gasteiger partial charge on any atom is 0.274 e. The van der Waals surface area contributed by atoms with E-state index in [1.165, 1.54) is 24.5 Å². The smallest absolute Gasteiger partial charge is 0.274 e. The van der Waals surface area contributed by atoms with Crippen molar-refractivity contribution in [3.05, 3.63) is 59.7 Å². The van der Waals surface area contributed by atoms with Crippen LogP contribution in [0.5, 0.6) is 0 Å². The molecule has 3 saturated heterocycles. The maximum absolute atomic E-state index is 13.5. The van der Waals surface area contributed by atoms with Crippen molar-refractivity contribution >= 4 is 5.91 Å². The van der Waals surface area contributed by atoms with Crippen molar-refractivity contribution in [2.75, 3.05) is 19.6 Å². The third kappa shape index (κ3) is 3.44. The van der Waals surface area contributed by atoms with Crippen LogP contribution in [0.2, 0.25) is 0 Å². The number of aromatic nitrogens is 2. The number of piperidine rings is 1. The number of hydrogen-bond acceptors (Lipinski definition) is 4. The highest BCUT2D eigenvalue weighted by Crippen LogP contribution is 2.30. The molecule has 3 aliphatic heterocycles. The van der Waals surface area contributed by atoms with E-state index in [-0.39, 0.29) is 11.9 Å². The molecule has 0 unspecified atom stereocenters. The van der Waals surface area contributed by atoms with E-state index in [0.717, 1.165) is 24.9 Å². The highest BCUT2D eigenvalue weighted by Gasteiger charge is 2.36. The highest BCUT2D eigenvalue weighted by atomic mass is 19.2. The Kier molecular flexibility index (Phi) is 4.63. The average Bonchev–Trinajstić information content (AvgIpc) is 2.97. The third-order valence-electron chi connectivity index (χ3n) is 5.27. The van der Waals surface area contributed by atoms with Gasteiger partial charge >= 0.3 is 0 Å². The second-order valence-corrected chi connectivity index (χ2v) is 7.08. The lowest BCUT2D eigenvalue weighted by Crippen LogP contribution is -2.44. The summed E-state index contributed by atoms with van der Waals surface area (Å²) < 4.78 is 26.6. The van der Waals surface area contributed by atoms with E-state index < -0.39 is 11.6 Å². The summed E-state index contributed by atoms with van der Waals surface area (Å²) in [6, 6.07) is 4.27. The monoisotopic (exact) mass is 358 g/mol. The number of nitrogens with zero attached hydrogens (tertiary/aromatic N) is 4. The van der Waals surface area contributed by atoms with E-state index in [9.17, 15) is 13.6 Å². The molecular formula is C19H20F2N4O. The van der Waals surface area contributed by atoms with Crippen LogP contribution in [0.4, 0.5) is 8.78 Å². The number of amides is 1. The van der Waals surface area contributed by atoms with Gasteiger partial charge in [0.15, 0.2) is 11.6 Å². The van der Waals surface area contributed by atoms with Gasteiger partial charge in [0.25, 0.3) is 5.91 Å². The van der Waals surface area contributed by atoms with Crippen LogP contribution in [0.15, 0.2) is 36.8 Å². The van der Waals surface area contributed by atoms with Crippen molar-refractivity contribution in [1.29, 1.82) is 0 Å². The molecule has 0 spiro atoms. The number of hydrogen-bond donors (Lipinski definition) is 0. The van der Waals surface area contributed by atoms with Crippen molar-refractivity contribution in [2.45, 2.75) is 25.4 Å². The Bertz CT molecular complexity index is 801. The molecule has 1 amide bonds. The number of fused-ring (bicyclic) bond motifs is 4. The molecule has 5 nitrogen and oxygen atoms in total. The first-order chi connectivity index (χ1) is 12.6. The summed E-state index contributed by atoms with van der Waals surface area (Å²) in [5, 5.41) is 0. The molecule has 2 aromatic rings. The van der Waals surface area contributed by atoms with Crippen molar-refractivity contribution < 1.29 is 13.6 Å². The SMILES string of the molecule is O=C(c1cnccn1)N1C[C@H]2CC[C@@H](C1)N(Cc1ccc(F)c(F)c1)C2. The molecule has 1 aromatic carbocycles. The first kappa shape index (κ1) is 17.0. The van der Waals surface area contributed by atoms with Gasteiger partial charge in [-0.05, 0) is 36.5 Å². The van der Waals surface area contributed by atoms with Crippen LogP contribution in [0.1, 0.15) is 28.9 Å². The molecule has 2 bridgehead atoms. The van der Waals surface area contributed by atoms with Gasteiger partial charge in [-0.1, -0.05) is 6.07 Å². The Morgan fingerprint density at radius 1 is 1.12 bits per heavy atom. The Balaban J connectivity index is 1.49. The van der Waals surface area contributed by atoms with Crippen LogP contribution in [-0.4, -0.2) is 51.4 Å². The van der Waals surface area contributed by atoms with Crippen LogP contribution in [0.25, 0.3) is 0 Å². The molecule has 5 rings (SSSR count). The molecule has 0 N–H and O–H groups in total. The van der Waals surface area contributed by atoms with E-state index in [2.05, 4.69) is 14.9 Å². The molecule has 0 saturated carbocycles. The fourth-order valence-corrected chi connectivity index (χ4v) is 3.98. The lowest BCUT2D eigenvalue weighted by Gasteiger charge is -2.36. The summed E-state index contributed by atoms with van der Waals surface area (Å²) in [6.07, 6.45) is 6.64. The second-order valence-electron chi connectivity index (χ2n) is 7.08. The molecule has 4 heterocycles. The summed E-state index contributed by atoms with van der Waals surface area (Å²) in [5.74, 6) is -1.36. The molecule has 0 aliphatic carbocycles.